The van der Waals surface area contributed by atoms with E-state index in [1.807, 2.05) is 25.1 Å². The fraction of sp³-hybridized carbons (Fsp3) is 0.500. The fourth-order valence-electron chi connectivity index (χ4n) is 5.21. The molecule has 0 radical (unpaired) electrons. The van der Waals surface area contributed by atoms with Crippen molar-refractivity contribution in [3.8, 4) is 5.75 Å². The first kappa shape index (κ1) is 19.4. The molecule has 1 saturated carbocycles. The number of para-hydroxylation sites is 1. The average molecular weight is 384 g/mol. The molecule has 4 heteroatoms. The maximum atomic E-state index is 13.8. The Morgan fingerprint density at radius 2 is 2.00 bits per heavy atom. The number of hydrogen-bond donors (Lipinski definition) is 1. The van der Waals surface area contributed by atoms with E-state index < -0.39 is 5.60 Å². The van der Waals surface area contributed by atoms with Crippen molar-refractivity contribution in [2.45, 2.75) is 57.2 Å². The highest BCUT2D eigenvalue weighted by Crippen LogP contribution is 2.51. The van der Waals surface area contributed by atoms with Crippen molar-refractivity contribution in [3.05, 3.63) is 65.5 Å². The zero-order chi connectivity index (χ0) is 19.6. The average Bonchev–Trinajstić information content (AvgIpc) is 2.69. The van der Waals surface area contributed by atoms with Gasteiger partial charge in [-0.25, -0.2) is 4.39 Å². The van der Waals surface area contributed by atoms with Crippen LogP contribution in [-0.2, 0) is 6.54 Å². The number of fused-ring (bicyclic) bond motifs is 1. The third kappa shape index (κ3) is 3.81. The van der Waals surface area contributed by atoms with Gasteiger partial charge in [-0.3, -0.25) is 4.90 Å². The van der Waals surface area contributed by atoms with Crippen LogP contribution in [0.4, 0.5) is 4.39 Å². The first-order valence-corrected chi connectivity index (χ1v) is 10.5. The van der Waals surface area contributed by atoms with E-state index in [-0.39, 0.29) is 17.8 Å². The smallest absolute Gasteiger partial charge is 0.124 e. The maximum absolute atomic E-state index is 13.8. The van der Waals surface area contributed by atoms with Crippen LogP contribution in [0.5, 0.6) is 5.75 Å². The number of piperidine rings is 1. The molecule has 0 bridgehead atoms. The van der Waals surface area contributed by atoms with Gasteiger partial charge >= 0.3 is 0 Å². The summed E-state index contributed by atoms with van der Waals surface area (Å²) in [4.78, 5) is 2.41. The van der Waals surface area contributed by atoms with E-state index in [0.29, 0.717) is 13.2 Å². The minimum Gasteiger partial charge on any atom is -0.494 e. The van der Waals surface area contributed by atoms with E-state index >= 15 is 0 Å². The molecular weight excluding hydrogens is 353 g/mol. The van der Waals surface area contributed by atoms with Crippen LogP contribution >= 0.6 is 0 Å². The summed E-state index contributed by atoms with van der Waals surface area (Å²) < 4.78 is 19.7. The first-order valence-electron chi connectivity index (χ1n) is 10.5. The molecule has 3 nitrogen and oxygen atoms in total. The van der Waals surface area contributed by atoms with Crippen LogP contribution < -0.4 is 4.74 Å². The van der Waals surface area contributed by atoms with Gasteiger partial charge in [-0.1, -0.05) is 43.2 Å². The Morgan fingerprint density at radius 3 is 2.82 bits per heavy atom. The van der Waals surface area contributed by atoms with Gasteiger partial charge in [0.25, 0.3) is 0 Å². The summed E-state index contributed by atoms with van der Waals surface area (Å²) in [6, 6.07) is 15.1. The first-order chi connectivity index (χ1) is 13.6. The Balaban J connectivity index is 1.72. The van der Waals surface area contributed by atoms with Crippen LogP contribution in [0.25, 0.3) is 0 Å². The van der Waals surface area contributed by atoms with E-state index in [0.717, 1.165) is 55.5 Å². The van der Waals surface area contributed by atoms with Gasteiger partial charge < -0.3 is 9.84 Å². The van der Waals surface area contributed by atoms with Gasteiger partial charge in [-0.05, 0) is 49.9 Å². The normalized spacial score (nSPS) is 28.0. The predicted octanol–water partition coefficient (Wildman–Crippen LogP) is 5.09. The Hall–Kier alpha value is -1.91. The number of aliphatic hydroxyl groups is 1. The van der Waals surface area contributed by atoms with Crippen LogP contribution in [0.2, 0.25) is 0 Å². The van der Waals surface area contributed by atoms with Crippen molar-refractivity contribution in [2.75, 3.05) is 13.2 Å². The van der Waals surface area contributed by atoms with Gasteiger partial charge in [0, 0.05) is 30.6 Å². The third-order valence-electron chi connectivity index (χ3n) is 6.48. The van der Waals surface area contributed by atoms with Crippen molar-refractivity contribution in [1.82, 2.24) is 4.90 Å². The number of benzene rings is 2. The molecule has 150 valence electrons. The van der Waals surface area contributed by atoms with Crippen LogP contribution in [0.3, 0.4) is 0 Å². The van der Waals surface area contributed by atoms with Crippen molar-refractivity contribution in [2.24, 2.45) is 5.92 Å². The van der Waals surface area contributed by atoms with E-state index in [2.05, 4.69) is 17.0 Å². The summed E-state index contributed by atoms with van der Waals surface area (Å²) in [6.45, 7) is 4.09. The van der Waals surface area contributed by atoms with E-state index in [1.165, 1.54) is 6.07 Å². The van der Waals surface area contributed by atoms with Gasteiger partial charge in [-0.2, -0.15) is 0 Å². The Kier molecular flexibility index (Phi) is 5.70. The summed E-state index contributed by atoms with van der Waals surface area (Å²) in [5, 5.41) is 11.4. The molecule has 1 saturated heterocycles. The summed E-state index contributed by atoms with van der Waals surface area (Å²) in [7, 11) is 0. The van der Waals surface area contributed by atoms with Gasteiger partial charge in [0.15, 0.2) is 0 Å². The molecule has 3 atom stereocenters. The van der Waals surface area contributed by atoms with Gasteiger partial charge in [0.1, 0.15) is 11.6 Å². The Bertz CT molecular complexity index is 811. The topological polar surface area (TPSA) is 32.7 Å². The second-order valence-electron chi connectivity index (χ2n) is 8.22. The van der Waals surface area contributed by atoms with Crippen LogP contribution in [0, 0.1) is 11.7 Å². The molecular formula is C24H30FNO2. The van der Waals surface area contributed by atoms with Crippen LogP contribution in [-0.4, -0.2) is 28.8 Å². The molecule has 2 aliphatic rings. The van der Waals surface area contributed by atoms with Crippen molar-refractivity contribution in [3.63, 3.8) is 0 Å². The number of halogens is 1. The molecule has 0 unspecified atom stereocenters. The van der Waals surface area contributed by atoms with Crippen LogP contribution in [0.1, 0.15) is 56.2 Å². The van der Waals surface area contributed by atoms with Gasteiger partial charge in [0.05, 0.1) is 12.2 Å². The SMILES string of the molecule is CCOc1ccccc1[C@@H]1[C@H]2CCCC[C@@]2(O)CCN1Cc1cccc(F)c1. The lowest BCUT2D eigenvalue weighted by molar-refractivity contribution is -0.126. The van der Waals surface area contributed by atoms with E-state index in [1.54, 1.807) is 12.1 Å². The lowest BCUT2D eigenvalue weighted by atomic mass is 9.66. The molecule has 0 spiro atoms. The number of hydrogen-bond acceptors (Lipinski definition) is 3. The lowest BCUT2D eigenvalue weighted by Gasteiger charge is -2.53. The van der Waals surface area contributed by atoms with E-state index in [4.69, 9.17) is 4.74 Å². The molecule has 1 heterocycles. The van der Waals surface area contributed by atoms with Crippen molar-refractivity contribution in [1.29, 1.82) is 0 Å². The lowest BCUT2D eigenvalue weighted by Crippen LogP contribution is -2.54. The predicted molar refractivity (Wildman–Crippen MR) is 109 cm³/mol. The zero-order valence-corrected chi connectivity index (χ0v) is 16.6. The molecule has 1 aliphatic heterocycles. The standard InChI is InChI=1S/C24H30FNO2/c1-2-28-22-12-4-3-10-20(22)23-21-11-5-6-13-24(21,27)14-15-26(23)17-18-8-7-9-19(25)16-18/h3-4,7-10,12,16,21,23,27H,2,5-6,11,13-15,17H2,1H3/t21-,23-,24-/m1/s1. The molecule has 1 N–H and O–H groups in total. The molecule has 2 aromatic rings. The summed E-state index contributed by atoms with van der Waals surface area (Å²) in [5.74, 6) is 0.870. The summed E-state index contributed by atoms with van der Waals surface area (Å²) >= 11 is 0. The summed E-state index contributed by atoms with van der Waals surface area (Å²) in [5.41, 5.74) is 1.51. The number of ether oxygens (including phenoxy) is 1. The highest BCUT2D eigenvalue weighted by molar-refractivity contribution is 5.37. The minimum atomic E-state index is -0.610. The molecule has 4 rings (SSSR count). The molecule has 1 aliphatic carbocycles. The number of likely N-dealkylation sites (tertiary alicyclic amines) is 1. The number of rotatable bonds is 5. The zero-order valence-electron chi connectivity index (χ0n) is 16.6. The van der Waals surface area contributed by atoms with Gasteiger partial charge in [-0.15, -0.1) is 0 Å². The molecule has 0 amide bonds. The molecule has 2 fully saturated rings. The highest BCUT2D eigenvalue weighted by atomic mass is 19.1. The van der Waals surface area contributed by atoms with Crippen molar-refractivity contribution < 1.29 is 14.2 Å². The fourth-order valence-corrected chi connectivity index (χ4v) is 5.21. The van der Waals surface area contributed by atoms with Crippen molar-refractivity contribution >= 4 is 0 Å². The largest absolute Gasteiger partial charge is 0.494 e. The molecule has 2 aromatic carbocycles. The highest BCUT2D eigenvalue weighted by Gasteiger charge is 2.49. The molecule has 28 heavy (non-hydrogen) atoms. The Labute approximate surface area is 167 Å². The minimum absolute atomic E-state index is 0.0741. The molecule has 0 aromatic heterocycles. The maximum Gasteiger partial charge on any atom is 0.124 e. The number of nitrogens with zero attached hydrogens (tertiary/aromatic N) is 1. The summed E-state index contributed by atoms with van der Waals surface area (Å²) in [6.07, 6.45) is 4.91. The quantitative estimate of drug-likeness (QED) is 0.780. The van der Waals surface area contributed by atoms with E-state index in [9.17, 15) is 9.50 Å². The second-order valence-corrected chi connectivity index (χ2v) is 8.22. The van der Waals surface area contributed by atoms with Crippen LogP contribution in [0.15, 0.2) is 48.5 Å². The Morgan fingerprint density at radius 1 is 1.14 bits per heavy atom. The van der Waals surface area contributed by atoms with Gasteiger partial charge in [0.2, 0.25) is 0 Å². The second kappa shape index (κ2) is 8.22. The third-order valence-corrected chi connectivity index (χ3v) is 6.48. The monoisotopic (exact) mass is 383 g/mol.